The van der Waals surface area contributed by atoms with E-state index in [0.29, 0.717) is 29.5 Å². The second-order valence-electron chi connectivity index (χ2n) is 7.40. The summed E-state index contributed by atoms with van der Waals surface area (Å²) in [6.07, 6.45) is 1.15. The molecule has 0 saturated heterocycles. The maximum absolute atomic E-state index is 12.5. The van der Waals surface area contributed by atoms with Gasteiger partial charge in [-0.15, -0.1) is 15.3 Å². The van der Waals surface area contributed by atoms with Crippen molar-refractivity contribution in [1.82, 2.24) is 24.5 Å². The molecule has 2 aromatic heterocycles. The Labute approximate surface area is 197 Å². The molecule has 2 aromatic carbocycles. The van der Waals surface area contributed by atoms with Crippen molar-refractivity contribution in [2.75, 3.05) is 18.5 Å². The number of nitrogens with zero attached hydrogens (tertiary/aromatic N) is 4. The minimum absolute atomic E-state index is 0.0464. The van der Waals surface area contributed by atoms with Crippen LogP contribution >= 0.6 is 0 Å². The second-order valence-corrected chi connectivity index (χ2v) is 9.17. The third-order valence-electron chi connectivity index (χ3n) is 4.84. The van der Waals surface area contributed by atoms with Gasteiger partial charge in [0.05, 0.1) is 4.90 Å². The third-order valence-corrected chi connectivity index (χ3v) is 6.32. The molecular weight excluding hydrogens is 456 g/mol. The van der Waals surface area contributed by atoms with Crippen LogP contribution in [0.1, 0.15) is 19.8 Å². The molecule has 2 N–H and O–H groups in total. The van der Waals surface area contributed by atoms with Crippen molar-refractivity contribution in [3.8, 4) is 17.3 Å². The van der Waals surface area contributed by atoms with E-state index in [2.05, 4.69) is 25.3 Å². The molecule has 176 valence electrons. The molecule has 0 unspecified atom stereocenters. The summed E-state index contributed by atoms with van der Waals surface area (Å²) in [5, 5.41) is 15.4. The van der Waals surface area contributed by atoms with Gasteiger partial charge in [0.25, 0.3) is 0 Å². The van der Waals surface area contributed by atoms with Gasteiger partial charge in [0.2, 0.25) is 21.8 Å². The maximum Gasteiger partial charge on any atom is 0.240 e. The lowest BCUT2D eigenvalue weighted by Crippen LogP contribution is -2.28. The van der Waals surface area contributed by atoms with Gasteiger partial charge >= 0.3 is 0 Å². The molecule has 0 spiro atoms. The zero-order chi connectivity index (χ0) is 24.0. The minimum Gasteiger partial charge on any atom is -0.475 e. The molecule has 0 bridgehead atoms. The van der Waals surface area contributed by atoms with Crippen LogP contribution in [0.15, 0.2) is 71.6 Å². The van der Waals surface area contributed by atoms with Gasteiger partial charge in [0.15, 0.2) is 11.5 Å². The fraction of sp³-hybridized carbons (Fsp3) is 0.217. The molecule has 4 aromatic rings. The topological polar surface area (TPSA) is 128 Å². The number of nitrogens with one attached hydrogen (secondary N) is 2. The molecule has 0 radical (unpaired) electrons. The Hall–Kier alpha value is -3.83. The highest BCUT2D eigenvalue weighted by molar-refractivity contribution is 7.89. The lowest BCUT2D eigenvalue weighted by atomic mass is 10.2. The van der Waals surface area contributed by atoms with Crippen molar-refractivity contribution in [3.05, 3.63) is 66.7 Å². The van der Waals surface area contributed by atoms with Crippen LogP contribution in [0.25, 0.3) is 17.0 Å². The van der Waals surface area contributed by atoms with E-state index in [1.165, 1.54) is 12.1 Å². The van der Waals surface area contributed by atoms with Gasteiger partial charge in [-0.25, -0.2) is 13.1 Å². The first-order valence-corrected chi connectivity index (χ1v) is 12.2. The van der Waals surface area contributed by atoms with Gasteiger partial charge in [-0.05, 0) is 36.8 Å². The predicted molar refractivity (Wildman–Crippen MR) is 127 cm³/mol. The van der Waals surface area contributed by atoms with Crippen LogP contribution < -0.4 is 14.8 Å². The van der Waals surface area contributed by atoms with Gasteiger partial charge < -0.3 is 10.1 Å². The Bertz CT molecular complexity index is 1370. The number of carbonyl (C=O) groups is 1. The van der Waals surface area contributed by atoms with E-state index in [1.807, 2.05) is 37.3 Å². The first-order chi connectivity index (χ1) is 16.5. The van der Waals surface area contributed by atoms with E-state index in [4.69, 9.17) is 4.74 Å². The molecule has 1 amide bonds. The Kier molecular flexibility index (Phi) is 7.14. The number of ether oxygens (including phenoxy) is 1. The largest absolute Gasteiger partial charge is 0.475 e. The normalized spacial score (nSPS) is 11.4. The second kappa shape index (κ2) is 10.4. The number of anilines is 1. The molecule has 0 aliphatic rings. The van der Waals surface area contributed by atoms with Crippen LogP contribution in [0.4, 0.5) is 5.69 Å². The van der Waals surface area contributed by atoms with Gasteiger partial charge in [-0.1, -0.05) is 37.3 Å². The number of fused-ring (bicyclic) bond motifs is 1. The van der Waals surface area contributed by atoms with E-state index in [9.17, 15) is 13.2 Å². The molecule has 10 nitrogen and oxygen atoms in total. The number of hydrogen-bond donors (Lipinski definition) is 2. The number of aromatic nitrogens is 4. The van der Waals surface area contributed by atoms with Crippen LogP contribution in [0, 0.1) is 0 Å². The van der Waals surface area contributed by atoms with Crippen LogP contribution in [0.5, 0.6) is 5.88 Å². The average Bonchev–Trinajstić information content (AvgIpc) is 3.26. The zero-order valence-electron chi connectivity index (χ0n) is 18.5. The van der Waals surface area contributed by atoms with Crippen molar-refractivity contribution in [3.63, 3.8) is 0 Å². The van der Waals surface area contributed by atoms with Crippen LogP contribution in [0.2, 0.25) is 0 Å². The Morgan fingerprint density at radius 1 is 1.00 bits per heavy atom. The lowest BCUT2D eigenvalue weighted by Gasteiger charge is -2.09. The van der Waals surface area contributed by atoms with Crippen LogP contribution in [-0.4, -0.2) is 47.3 Å². The molecular formula is C23H24N6O4S. The molecule has 0 saturated carbocycles. The summed E-state index contributed by atoms with van der Waals surface area (Å²) in [7, 11) is -3.73. The highest BCUT2D eigenvalue weighted by atomic mass is 32.2. The minimum atomic E-state index is -3.73. The first-order valence-electron chi connectivity index (χ1n) is 10.8. The fourth-order valence-electron chi connectivity index (χ4n) is 3.20. The molecule has 4 rings (SSSR count). The molecule has 11 heteroatoms. The van der Waals surface area contributed by atoms with Crippen molar-refractivity contribution in [2.45, 2.75) is 24.7 Å². The number of amides is 1. The number of sulfonamides is 1. The lowest BCUT2D eigenvalue weighted by molar-refractivity contribution is -0.116. The van der Waals surface area contributed by atoms with Crippen LogP contribution in [-0.2, 0) is 14.8 Å². The van der Waals surface area contributed by atoms with Crippen molar-refractivity contribution < 1.29 is 17.9 Å². The van der Waals surface area contributed by atoms with Crippen LogP contribution in [0.3, 0.4) is 0 Å². The van der Waals surface area contributed by atoms with Gasteiger partial charge in [0, 0.05) is 30.3 Å². The molecule has 0 aliphatic heterocycles. The summed E-state index contributed by atoms with van der Waals surface area (Å²) >= 11 is 0. The summed E-state index contributed by atoms with van der Waals surface area (Å²) in [4.78, 5) is 11.8. The zero-order valence-corrected chi connectivity index (χ0v) is 19.3. The quantitative estimate of drug-likeness (QED) is 0.334. The average molecular weight is 481 g/mol. The number of carbonyl (C=O) groups excluding carboxylic acids is 1. The van der Waals surface area contributed by atoms with E-state index in [1.54, 1.807) is 28.8 Å². The molecule has 0 aliphatic carbocycles. The van der Waals surface area contributed by atoms with Gasteiger partial charge in [-0.2, -0.15) is 4.52 Å². The fourth-order valence-corrected chi connectivity index (χ4v) is 4.21. The Morgan fingerprint density at radius 3 is 2.50 bits per heavy atom. The number of hydrogen-bond acceptors (Lipinski definition) is 7. The van der Waals surface area contributed by atoms with E-state index >= 15 is 0 Å². The van der Waals surface area contributed by atoms with Crippen molar-refractivity contribution >= 4 is 27.3 Å². The molecule has 34 heavy (non-hydrogen) atoms. The van der Waals surface area contributed by atoms with E-state index in [0.717, 1.165) is 12.0 Å². The SMILES string of the molecule is CCCC(=O)Nc1ccc(S(=O)(=O)NCCOc2ccc3nnc(-c4ccccc4)n3n2)cc1. The summed E-state index contributed by atoms with van der Waals surface area (Å²) < 4.78 is 34.8. The summed E-state index contributed by atoms with van der Waals surface area (Å²) in [5.74, 6) is 0.787. The van der Waals surface area contributed by atoms with E-state index < -0.39 is 10.0 Å². The Morgan fingerprint density at radius 2 is 1.76 bits per heavy atom. The van der Waals surface area contributed by atoms with E-state index in [-0.39, 0.29) is 24.0 Å². The van der Waals surface area contributed by atoms with Gasteiger partial charge in [0.1, 0.15) is 6.61 Å². The molecule has 0 atom stereocenters. The third kappa shape index (κ3) is 5.56. The number of rotatable bonds is 10. The maximum atomic E-state index is 12.5. The summed E-state index contributed by atoms with van der Waals surface area (Å²) in [6, 6.07) is 18.9. The van der Waals surface area contributed by atoms with Gasteiger partial charge in [-0.3, -0.25) is 4.79 Å². The smallest absolute Gasteiger partial charge is 0.240 e. The first kappa shape index (κ1) is 23.3. The molecule has 0 fully saturated rings. The van der Waals surface area contributed by atoms with Crippen molar-refractivity contribution in [2.24, 2.45) is 0 Å². The standard InChI is InChI=1S/C23H24N6O4S/c1-2-6-21(30)25-18-9-11-19(12-10-18)34(31,32)24-15-16-33-22-14-13-20-26-27-23(29(20)28-22)17-7-4-3-5-8-17/h3-5,7-14,24H,2,6,15-16H2,1H3,(H,25,30). The summed E-state index contributed by atoms with van der Waals surface area (Å²) in [5.41, 5.74) is 1.98. The highest BCUT2D eigenvalue weighted by Crippen LogP contribution is 2.18. The number of benzene rings is 2. The Balaban J connectivity index is 1.34. The monoisotopic (exact) mass is 480 g/mol. The molecule has 2 heterocycles. The summed E-state index contributed by atoms with van der Waals surface area (Å²) in [6.45, 7) is 2.03. The highest BCUT2D eigenvalue weighted by Gasteiger charge is 2.14. The van der Waals surface area contributed by atoms with Crippen molar-refractivity contribution in [1.29, 1.82) is 0 Å². The predicted octanol–water partition coefficient (Wildman–Crippen LogP) is 2.89.